The first kappa shape index (κ1) is 22.7. The second-order valence-electron chi connectivity index (χ2n) is 6.71. The number of carbonyl (C=O) groups is 3. The van der Waals surface area contributed by atoms with Gasteiger partial charge in [-0.3, -0.25) is 9.59 Å². The molecule has 0 radical (unpaired) electrons. The summed E-state index contributed by atoms with van der Waals surface area (Å²) >= 11 is 12.4. The largest absolute Gasteiger partial charge is 0.495 e. The molecule has 2 amide bonds. The number of aryl methyl sites for hydroxylation is 1. The van der Waals surface area contributed by atoms with Crippen molar-refractivity contribution in [2.75, 3.05) is 23.9 Å². The number of anilines is 2. The minimum Gasteiger partial charge on any atom is -0.495 e. The maximum absolute atomic E-state index is 13.2. The van der Waals surface area contributed by atoms with Crippen LogP contribution in [0.4, 0.5) is 11.4 Å². The first-order valence-electron chi connectivity index (χ1n) is 9.46. The molecule has 3 rings (SSSR count). The van der Waals surface area contributed by atoms with Crippen LogP contribution in [-0.4, -0.2) is 31.5 Å². The van der Waals surface area contributed by atoms with Gasteiger partial charge in [-0.25, -0.2) is 9.69 Å². The highest BCUT2D eigenvalue weighted by atomic mass is 35.5. The summed E-state index contributed by atoms with van der Waals surface area (Å²) in [6, 6.07) is 9.46. The smallest absolute Gasteiger partial charge is 0.340 e. The van der Waals surface area contributed by atoms with Gasteiger partial charge in [0.25, 0.3) is 11.8 Å². The second kappa shape index (κ2) is 9.41. The maximum Gasteiger partial charge on any atom is 0.340 e. The number of para-hydroxylation sites is 1. The molecule has 0 saturated carbocycles. The van der Waals surface area contributed by atoms with Crippen molar-refractivity contribution in [3.8, 4) is 5.75 Å². The number of methoxy groups -OCH3 is 1. The first-order valence-corrected chi connectivity index (χ1v) is 10.2. The monoisotopic (exact) mass is 462 g/mol. The third kappa shape index (κ3) is 4.38. The first-order chi connectivity index (χ1) is 14.8. The highest BCUT2D eigenvalue weighted by Crippen LogP contribution is 2.36. The van der Waals surface area contributed by atoms with Crippen LogP contribution in [0, 0.1) is 6.92 Å². The molecule has 0 aromatic heterocycles. The molecule has 2 aromatic carbocycles. The van der Waals surface area contributed by atoms with Gasteiger partial charge in [0.05, 0.1) is 30.7 Å². The molecule has 162 valence electrons. The number of nitrogens with one attached hydrogen (secondary N) is 1. The van der Waals surface area contributed by atoms with Gasteiger partial charge >= 0.3 is 5.97 Å². The highest BCUT2D eigenvalue weighted by molar-refractivity contribution is 6.53. The highest BCUT2D eigenvalue weighted by Gasteiger charge is 2.40. The van der Waals surface area contributed by atoms with E-state index in [0.29, 0.717) is 22.9 Å². The number of hydrogen-bond donors (Lipinski definition) is 1. The van der Waals surface area contributed by atoms with Crippen molar-refractivity contribution in [3.05, 3.63) is 63.3 Å². The zero-order valence-corrected chi connectivity index (χ0v) is 18.6. The zero-order valence-electron chi connectivity index (χ0n) is 17.1. The van der Waals surface area contributed by atoms with Gasteiger partial charge in [0.2, 0.25) is 0 Å². The Morgan fingerprint density at radius 1 is 1.13 bits per heavy atom. The van der Waals surface area contributed by atoms with E-state index in [9.17, 15) is 14.4 Å². The van der Waals surface area contributed by atoms with Crippen LogP contribution < -0.4 is 15.0 Å². The minimum absolute atomic E-state index is 0.0864. The summed E-state index contributed by atoms with van der Waals surface area (Å²) in [5, 5.41) is 3.05. The summed E-state index contributed by atoms with van der Waals surface area (Å²) in [5.41, 5.74) is 1.19. The maximum atomic E-state index is 13.2. The van der Waals surface area contributed by atoms with Gasteiger partial charge in [0.15, 0.2) is 0 Å². The molecule has 9 heteroatoms. The number of benzene rings is 2. The minimum atomic E-state index is -0.755. The van der Waals surface area contributed by atoms with Crippen molar-refractivity contribution in [2.45, 2.75) is 20.3 Å². The normalized spacial score (nSPS) is 13.6. The number of amides is 2. The van der Waals surface area contributed by atoms with E-state index in [0.717, 1.165) is 10.5 Å². The van der Waals surface area contributed by atoms with Gasteiger partial charge in [-0.2, -0.15) is 0 Å². The van der Waals surface area contributed by atoms with Crippen LogP contribution in [0.15, 0.2) is 47.1 Å². The topological polar surface area (TPSA) is 84.9 Å². The van der Waals surface area contributed by atoms with Crippen LogP contribution in [-0.2, 0) is 14.3 Å². The van der Waals surface area contributed by atoms with Crippen molar-refractivity contribution in [1.29, 1.82) is 0 Å². The molecule has 1 heterocycles. The number of nitrogens with zero attached hydrogens (tertiary/aromatic N) is 1. The summed E-state index contributed by atoms with van der Waals surface area (Å²) in [6.45, 7) is 3.87. The summed E-state index contributed by atoms with van der Waals surface area (Å²) in [4.78, 5) is 39.3. The van der Waals surface area contributed by atoms with Gasteiger partial charge in [-0.1, -0.05) is 42.3 Å². The van der Waals surface area contributed by atoms with Crippen molar-refractivity contribution in [2.24, 2.45) is 0 Å². The van der Waals surface area contributed by atoms with Gasteiger partial charge in [-0.15, -0.1) is 0 Å². The average Bonchev–Trinajstić information content (AvgIpc) is 2.97. The summed E-state index contributed by atoms with van der Waals surface area (Å²) < 4.78 is 10.5. The number of imide groups is 1. The van der Waals surface area contributed by atoms with E-state index < -0.39 is 17.8 Å². The van der Waals surface area contributed by atoms with E-state index in [-0.39, 0.29) is 28.6 Å². The predicted octanol–water partition coefficient (Wildman–Crippen LogP) is 4.66. The molecule has 0 spiro atoms. The Morgan fingerprint density at radius 2 is 1.84 bits per heavy atom. The van der Waals surface area contributed by atoms with Crippen molar-refractivity contribution >= 4 is 52.4 Å². The van der Waals surface area contributed by atoms with E-state index in [1.165, 1.54) is 19.2 Å². The summed E-state index contributed by atoms with van der Waals surface area (Å²) in [7, 11) is 1.45. The lowest BCUT2D eigenvalue weighted by atomic mass is 10.1. The van der Waals surface area contributed by atoms with Crippen molar-refractivity contribution < 1.29 is 23.9 Å². The molecular weight excluding hydrogens is 443 g/mol. The molecule has 1 aliphatic rings. The molecular formula is C22H20Cl2N2O5. The fourth-order valence-corrected chi connectivity index (χ4v) is 3.37. The van der Waals surface area contributed by atoms with Crippen LogP contribution in [0.5, 0.6) is 5.75 Å². The predicted molar refractivity (Wildman–Crippen MR) is 119 cm³/mol. The van der Waals surface area contributed by atoms with Gasteiger partial charge in [0, 0.05) is 11.1 Å². The Bertz CT molecular complexity index is 1100. The van der Waals surface area contributed by atoms with Gasteiger partial charge in [0.1, 0.15) is 16.5 Å². The molecule has 7 nitrogen and oxygen atoms in total. The summed E-state index contributed by atoms with van der Waals surface area (Å²) in [6.07, 6.45) is 0.638. The number of hydrogen-bond acceptors (Lipinski definition) is 6. The molecule has 1 N–H and O–H groups in total. The number of carbonyl (C=O) groups excluding carboxylic acids is 3. The molecule has 2 aromatic rings. The third-order valence-corrected chi connectivity index (χ3v) is 5.33. The lowest BCUT2D eigenvalue weighted by Crippen LogP contribution is -2.33. The Morgan fingerprint density at radius 3 is 2.52 bits per heavy atom. The quantitative estimate of drug-likeness (QED) is 0.475. The van der Waals surface area contributed by atoms with Crippen LogP contribution in [0.2, 0.25) is 5.02 Å². The molecule has 0 fully saturated rings. The average molecular weight is 463 g/mol. The Kier molecular flexibility index (Phi) is 6.87. The number of halogens is 2. The van der Waals surface area contributed by atoms with Gasteiger partial charge < -0.3 is 14.8 Å². The van der Waals surface area contributed by atoms with Gasteiger partial charge in [-0.05, 0) is 37.1 Å². The van der Waals surface area contributed by atoms with Crippen LogP contribution in [0.25, 0.3) is 0 Å². The zero-order chi connectivity index (χ0) is 22.7. The Balaban J connectivity index is 1.97. The molecule has 0 unspecified atom stereocenters. The third-order valence-electron chi connectivity index (χ3n) is 4.57. The van der Waals surface area contributed by atoms with Crippen LogP contribution in [0.1, 0.15) is 29.3 Å². The van der Waals surface area contributed by atoms with E-state index in [1.54, 1.807) is 31.2 Å². The van der Waals surface area contributed by atoms with Crippen LogP contribution in [0.3, 0.4) is 0 Å². The number of rotatable bonds is 7. The fourth-order valence-electron chi connectivity index (χ4n) is 3.01. The molecule has 0 aliphatic carbocycles. The molecule has 31 heavy (non-hydrogen) atoms. The fraction of sp³-hybridized carbons (Fsp3) is 0.227. The molecule has 1 aliphatic heterocycles. The summed E-state index contributed by atoms with van der Waals surface area (Å²) in [5.74, 6) is -1.73. The van der Waals surface area contributed by atoms with E-state index in [4.69, 9.17) is 32.7 Å². The second-order valence-corrected chi connectivity index (χ2v) is 7.50. The van der Waals surface area contributed by atoms with Crippen molar-refractivity contribution in [3.63, 3.8) is 0 Å². The standard InChI is InChI=1S/C22H20Cl2N2O5/c1-4-9-31-22(29)13-7-5-6-8-16(13)26-20(27)18(24)19(21(26)28)25-15-10-12(2)14(23)11-17(15)30-3/h5-8,10-11,25H,4,9H2,1-3H3. The molecule has 0 saturated heterocycles. The lowest BCUT2D eigenvalue weighted by molar-refractivity contribution is -0.120. The van der Waals surface area contributed by atoms with E-state index in [1.807, 2.05) is 6.92 Å². The van der Waals surface area contributed by atoms with Crippen molar-refractivity contribution in [1.82, 2.24) is 0 Å². The Hall–Kier alpha value is -3.03. The molecule has 0 atom stereocenters. The van der Waals surface area contributed by atoms with Crippen LogP contribution >= 0.6 is 23.2 Å². The van der Waals surface area contributed by atoms with E-state index >= 15 is 0 Å². The number of esters is 1. The number of ether oxygens (including phenoxy) is 2. The molecule has 0 bridgehead atoms. The SMILES string of the molecule is CCCOC(=O)c1ccccc1N1C(=O)C(Cl)=C(Nc2cc(C)c(Cl)cc2OC)C1=O. The van der Waals surface area contributed by atoms with E-state index in [2.05, 4.69) is 5.32 Å². The lowest BCUT2D eigenvalue weighted by Gasteiger charge is -2.18. The Labute approximate surface area is 189 Å².